The maximum Gasteiger partial charge on any atom is 0.253 e. The van der Waals surface area contributed by atoms with Gasteiger partial charge >= 0.3 is 0 Å². The molecule has 0 saturated carbocycles. The minimum atomic E-state index is -3.69. The number of nitrogens with two attached hydrogens (primary N) is 1. The van der Waals surface area contributed by atoms with E-state index in [9.17, 15) is 18.0 Å². The molecule has 1 aromatic rings. The van der Waals surface area contributed by atoms with Gasteiger partial charge in [-0.2, -0.15) is 4.31 Å². The smallest absolute Gasteiger partial charge is 0.253 e. The van der Waals surface area contributed by atoms with Crippen LogP contribution in [0.4, 0.5) is 0 Å². The van der Waals surface area contributed by atoms with Gasteiger partial charge in [-0.1, -0.05) is 0 Å². The zero-order valence-corrected chi connectivity index (χ0v) is 13.9. The third-order valence-electron chi connectivity index (χ3n) is 3.48. The number of nitrogens with zero attached hydrogens (tertiary/aromatic N) is 1. The molecule has 1 unspecified atom stereocenters. The summed E-state index contributed by atoms with van der Waals surface area (Å²) in [7, 11) is -3.69. The van der Waals surface area contributed by atoms with E-state index in [1.165, 1.54) is 11.2 Å². The summed E-state index contributed by atoms with van der Waals surface area (Å²) in [5.74, 6) is -0.728. The molecule has 2 heterocycles. The third kappa shape index (κ3) is 3.65. The van der Waals surface area contributed by atoms with E-state index in [1.807, 2.05) is 0 Å². The number of sulfonamides is 1. The first-order valence-corrected chi connectivity index (χ1v) is 9.22. The fraction of sp³-hybridized carbons (Fsp3) is 0.538. The van der Waals surface area contributed by atoms with E-state index < -0.39 is 22.0 Å². The van der Waals surface area contributed by atoms with Gasteiger partial charge in [0.2, 0.25) is 11.8 Å². The molecule has 1 saturated heterocycles. The Hall–Kier alpha value is -1.45. The standard InChI is InChI=1S/C13H19N3O4S2/c1-9(17)15-7-6-10-4-5-12(21-10)22(19,20)16-8-2-3-11(16)13(14)18/h4-5,11H,2-3,6-8H2,1H3,(H2,14,18)(H,15,17). The number of hydrogen-bond acceptors (Lipinski definition) is 5. The van der Waals surface area contributed by atoms with Crippen molar-refractivity contribution in [2.45, 2.75) is 36.4 Å². The number of primary amides is 1. The van der Waals surface area contributed by atoms with Gasteiger partial charge in [-0.05, 0) is 31.4 Å². The first-order chi connectivity index (χ1) is 10.3. The third-order valence-corrected chi connectivity index (χ3v) is 7.00. The number of nitrogens with one attached hydrogen (secondary N) is 1. The molecule has 1 atom stereocenters. The van der Waals surface area contributed by atoms with E-state index >= 15 is 0 Å². The van der Waals surface area contributed by atoms with Crippen molar-refractivity contribution >= 4 is 33.2 Å². The number of rotatable bonds is 6. The van der Waals surface area contributed by atoms with Crippen LogP contribution in [0.15, 0.2) is 16.3 Å². The number of amides is 2. The largest absolute Gasteiger partial charge is 0.368 e. The van der Waals surface area contributed by atoms with Gasteiger partial charge in [0.05, 0.1) is 0 Å². The molecular weight excluding hydrogens is 326 g/mol. The van der Waals surface area contributed by atoms with Crippen LogP contribution in [0.2, 0.25) is 0 Å². The molecule has 1 fully saturated rings. The molecule has 122 valence electrons. The van der Waals surface area contributed by atoms with Crippen molar-refractivity contribution in [3.63, 3.8) is 0 Å². The van der Waals surface area contributed by atoms with E-state index in [0.717, 1.165) is 16.2 Å². The SMILES string of the molecule is CC(=O)NCCc1ccc(S(=O)(=O)N2CCCC2C(N)=O)s1. The Labute approximate surface area is 133 Å². The normalized spacial score (nSPS) is 19.2. The molecule has 2 amide bonds. The van der Waals surface area contributed by atoms with Crippen molar-refractivity contribution < 1.29 is 18.0 Å². The molecule has 22 heavy (non-hydrogen) atoms. The lowest BCUT2D eigenvalue weighted by Gasteiger charge is -2.20. The quantitative estimate of drug-likeness (QED) is 0.760. The van der Waals surface area contributed by atoms with Crippen LogP contribution < -0.4 is 11.1 Å². The second-order valence-electron chi connectivity index (χ2n) is 5.13. The highest BCUT2D eigenvalue weighted by molar-refractivity contribution is 7.91. The first-order valence-electron chi connectivity index (χ1n) is 6.96. The van der Waals surface area contributed by atoms with Gasteiger partial charge in [0, 0.05) is 24.9 Å². The van der Waals surface area contributed by atoms with Crippen LogP contribution in [0, 0.1) is 0 Å². The summed E-state index contributed by atoms with van der Waals surface area (Å²) in [5.41, 5.74) is 5.28. The van der Waals surface area contributed by atoms with Crippen molar-refractivity contribution in [3.8, 4) is 0 Å². The number of hydrogen-bond donors (Lipinski definition) is 2. The number of carbonyl (C=O) groups is 2. The Kier molecular flexibility index (Phi) is 5.20. The lowest BCUT2D eigenvalue weighted by molar-refractivity contribution is -0.121. The maximum absolute atomic E-state index is 12.6. The average molecular weight is 345 g/mol. The van der Waals surface area contributed by atoms with E-state index in [-0.39, 0.29) is 10.1 Å². The maximum atomic E-state index is 12.6. The molecule has 0 radical (unpaired) electrons. The fourth-order valence-electron chi connectivity index (χ4n) is 2.42. The molecule has 1 aromatic heterocycles. The summed E-state index contributed by atoms with van der Waals surface area (Å²) in [6.45, 7) is 2.21. The van der Waals surface area contributed by atoms with Crippen LogP contribution in [0.25, 0.3) is 0 Å². The Morgan fingerprint density at radius 2 is 2.18 bits per heavy atom. The molecule has 0 spiro atoms. The van der Waals surface area contributed by atoms with Crippen LogP contribution >= 0.6 is 11.3 Å². The van der Waals surface area contributed by atoms with Gasteiger partial charge in [-0.15, -0.1) is 11.3 Å². The first kappa shape index (κ1) is 16.9. The fourth-order valence-corrected chi connectivity index (χ4v) is 5.57. The Morgan fingerprint density at radius 3 is 2.82 bits per heavy atom. The van der Waals surface area contributed by atoms with E-state index in [1.54, 1.807) is 12.1 Å². The van der Waals surface area contributed by atoms with Crippen molar-refractivity contribution in [2.75, 3.05) is 13.1 Å². The van der Waals surface area contributed by atoms with E-state index in [4.69, 9.17) is 5.73 Å². The second kappa shape index (κ2) is 6.76. The van der Waals surface area contributed by atoms with Crippen molar-refractivity contribution in [1.29, 1.82) is 0 Å². The topological polar surface area (TPSA) is 110 Å². The van der Waals surface area contributed by atoms with Crippen LogP contribution in [-0.4, -0.2) is 43.7 Å². The van der Waals surface area contributed by atoms with Gasteiger partial charge in [0.1, 0.15) is 10.3 Å². The lowest BCUT2D eigenvalue weighted by Crippen LogP contribution is -2.43. The molecule has 2 rings (SSSR count). The summed E-state index contributed by atoms with van der Waals surface area (Å²) in [4.78, 5) is 23.1. The van der Waals surface area contributed by atoms with Gasteiger partial charge < -0.3 is 11.1 Å². The molecule has 1 aliphatic heterocycles. The minimum Gasteiger partial charge on any atom is -0.368 e. The summed E-state index contributed by atoms with van der Waals surface area (Å²) >= 11 is 1.16. The zero-order chi connectivity index (χ0) is 16.3. The highest BCUT2D eigenvalue weighted by Gasteiger charge is 2.39. The molecule has 3 N–H and O–H groups in total. The predicted molar refractivity (Wildman–Crippen MR) is 82.8 cm³/mol. The summed E-state index contributed by atoms with van der Waals surface area (Å²) in [6, 6.07) is 2.52. The van der Waals surface area contributed by atoms with Gasteiger partial charge in [-0.3, -0.25) is 9.59 Å². The monoisotopic (exact) mass is 345 g/mol. The van der Waals surface area contributed by atoms with Crippen LogP contribution in [-0.2, 0) is 26.0 Å². The van der Waals surface area contributed by atoms with Crippen LogP contribution in [0.3, 0.4) is 0 Å². The number of thiophene rings is 1. The van der Waals surface area contributed by atoms with Gasteiger partial charge in [-0.25, -0.2) is 8.42 Å². The molecule has 0 aromatic carbocycles. The summed E-state index contributed by atoms with van der Waals surface area (Å²) in [5, 5.41) is 2.67. The lowest BCUT2D eigenvalue weighted by atomic mass is 10.2. The highest BCUT2D eigenvalue weighted by atomic mass is 32.2. The van der Waals surface area contributed by atoms with E-state index in [0.29, 0.717) is 32.4 Å². The average Bonchev–Trinajstić information content (AvgIpc) is 3.07. The van der Waals surface area contributed by atoms with Crippen LogP contribution in [0.5, 0.6) is 0 Å². The number of carbonyl (C=O) groups excluding carboxylic acids is 2. The Bertz CT molecular complexity index is 669. The van der Waals surface area contributed by atoms with Gasteiger partial charge in [0.25, 0.3) is 10.0 Å². The van der Waals surface area contributed by atoms with Crippen LogP contribution in [0.1, 0.15) is 24.6 Å². The predicted octanol–water partition coefficient (Wildman–Crippen LogP) is 0.0651. The van der Waals surface area contributed by atoms with Crippen molar-refractivity contribution in [3.05, 3.63) is 17.0 Å². The Morgan fingerprint density at radius 1 is 1.45 bits per heavy atom. The van der Waals surface area contributed by atoms with Crippen molar-refractivity contribution in [1.82, 2.24) is 9.62 Å². The molecular formula is C13H19N3O4S2. The summed E-state index contributed by atoms with van der Waals surface area (Å²) < 4.78 is 26.6. The molecule has 1 aliphatic rings. The molecule has 9 heteroatoms. The molecule has 0 aliphatic carbocycles. The minimum absolute atomic E-state index is 0.120. The molecule has 7 nitrogen and oxygen atoms in total. The highest BCUT2D eigenvalue weighted by Crippen LogP contribution is 2.30. The Balaban J connectivity index is 2.11. The summed E-state index contributed by atoms with van der Waals surface area (Å²) in [6.07, 6.45) is 1.67. The van der Waals surface area contributed by atoms with Gasteiger partial charge in [0.15, 0.2) is 0 Å². The molecule has 0 bridgehead atoms. The second-order valence-corrected chi connectivity index (χ2v) is 8.42. The van der Waals surface area contributed by atoms with Crippen molar-refractivity contribution in [2.24, 2.45) is 5.73 Å². The van der Waals surface area contributed by atoms with E-state index in [2.05, 4.69) is 5.32 Å². The zero-order valence-electron chi connectivity index (χ0n) is 12.2.